The van der Waals surface area contributed by atoms with Crippen LogP contribution in [0.4, 0.5) is 0 Å². The van der Waals surface area contributed by atoms with Crippen molar-refractivity contribution in [2.24, 2.45) is 0 Å². The lowest BCUT2D eigenvalue weighted by Gasteiger charge is -2.19. The van der Waals surface area contributed by atoms with Gasteiger partial charge in [-0.15, -0.1) is 0 Å². The van der Waals surface area contributed by atoms with Gasteiger partial charge in [-0.05, 0) is 25.1 Å². The topological polar surface area (TPSA) is 73.7 Å². The van der Waals surface area contributed by atoms with Gasteiger partial charge in [0.1, 0.15) is 5.69 Å². The third-order valence-electron chi connectivity index (χ3n) is 2.49. The van der Waals surface area contributed by atoms with Crippen molar-refractivity contribution in [3.05, 3.63) is 29.6 Å². The molecule has 2 N–H and O–H groups in total. The van der Waals surface area contributed by atoms with Crippen molar-refractivity contribution in [1.29, 1.82) is 0 Å². The molecule has 0 radical (unpaired) electrons. The Morgan fingerprint density at radius 2 is 2.24 bits per heavy atom. The molecule has 0 atom stereocenters. The molecule has 5 heteroatoms. The highest BCUT2D eigenvalue weighted by molar-refractivity contribution is 5.85. The van der Waals surface area contributed by atoms with Crippen LogP contribution >= 0.6 is 0 Å². The van der Waals surface area contributed by atoms with Crippen molar-refractivity contribution in [1.82, 2.24) is 9.88 Å². The predicted molar refractivity (Wildman–Crippen MR) is 63.9 cm³/mol. The molecule has 0 aliphatic heterocycles. The van der Waals surface area contributed by atoms with E-state index >= 15 is 0 Å². The molecule has 94 valence electrons. The van der Waals surface area contributed by atoms with Crippen LogP contribution in [0, 0.1) is 0 Å². The van der Waals surface area contributed by atoms with Gasteiger partial charge in [-0.25, -0.2) is 9.78 Å². The molecular weight excluding hydrogens is 220 g/mol. The predicted octanol–water partition coefficient (Wildman–Crippen LogP) is 0.984. The van der Waals surface area contributed by atoms with Crippen LogP contribution in [0.1, 0.15) is 29.5 Å². The van der Waals surface area contributed by atoms with Gasteiger partial charge in [-0.1, -0.05) is 13.0 Å². The van der Waals surface area contributed by atoms with Gasteiger partial charge in [-0.3, -0.25) is 4.90 Å². The molecule has 0 aromatic carbocycles. The molecular formula is C12H18N2O3. The normalized spacial score (nSPS) is 10.8. The van der Waals surface area contributed by atoms with E-state index in [1.165, 1.54) is 6.07 Å². The quantitative estimate of drug-likeness (QED) is 0.741. The lowest BCUT2D eigenvalue weighted by molar-refractivity contribution is 0.0690. The van der Waals surface area contributed by atoms with Gasteiger partial charge in [0.15, 0.2) is 0 Å². The SMILES string of the molecule is CCN(CCCO)Cc1cccc(C(=O)O)n1. The molecule has 17 heavy (non-hydrogen) atoms. The Balaban J connectivity index is 2.65. The molecule has 0 saturated heterocycles. The van der Waals surface area contributed by atoms with Gasteiger partial charge in [0.2, 0.25) is 0 Å². The molecule has 0 spiro atoms. The third-order valence-corrected chi connectivity index (χ3v) is 2.49. The summed E-state index contributed by atoms with van der Waals surface area (Å²) in [6.45, 7) is 4.43. The van der Waals surface area contributed by atoms with Crippen LogP contribution in [0.3, 0.4) is 0 Å². The van der Waals surface area contributed by atoms with Crippen LogP contribution < -0.4 is 0 Å². The second kappa shape index (κ2) is 6.98. The minimum absolute atomic E-state index is 0.0701. The number of aliphatic hydroxyl groups excluding tert-OH is 1. The first-order valence-electron chi connectivity index (χ1n) is 5.69. The van der Waals surface area contributed by atoms with E-state index in [1.54, 1.807) is 6.07 Å². The number of carboxylic acids is 1. The summed E-state index contributed by atoms with van der Waals surface area (Å²) in [7, 11) is 0. The fourth-order valence-electron chi connectivity index (χ4n) is 1.56. The number of aromatic nitrogens is 1. The standard InChI is InChI=1S/C12H18N2O3/c1-2-14(7-4-8-15)9-10-5-3-6-11(13-10)12(16)17/h3,5-6,15H,2,4,7-9H2,1H3,(H,16,17). The van der Waals surface area contributed by atoms with Gasteiger partial charge >= 0.3 is 5.97 Å². The van der Waals surface area contributed by atoms with E-state index in [9.17, 15) is 4.79 Å². The molecule has 0 amide bonds. The summed E-state index contributed by atoms with van der Waals surface area (Å²) >= 11 is 0. The maximum absolute atomic E-state index is 10.8. The zero-order chi connectivity index (χ0) is 12.7. The van der Waals surface area contributed by atoms with Gasteiger partial charge < -0.3 is 10.2 Å². The Bertz CT molecular complexity index is 369. The summed E-state index contributed by atoms with van der Waals surface area (Å²) in [6, 6.07) is 5.00. The Morgan fingerprint density at radius 1 is 1.47 bits per heavy atom. The fraction of sp³-hybridized carbons (Fsp3) is 0.500. The molecule has 0 fully saturated rings. The van der Waals surface area contributed by atoms with E-state index in [4.69, 9.17) is 10.2 Å². The van der Waals surface area contributed by atoms with E-state index in [1.807, 2.05) is 13.0 Å². The number of hydrogen-bond acceptors (Lipinski definition) is 4. The lowest BCUT2D eigenvalue weighted by Crippen LogP contribution is -2.25. The Hall–Kier alpha value is -1.46. The lowest BCUT2D eigenvalue weighted by atomic mass is 10.2. The van der Waals surface area contributed by atoms with Crippen LogP contribution in [-0.2, 0) is 6.54 Å². The maximum Gasteiger partial charge on any atom is 0.354 e. The van der Waals surface area contributed by atoms with E-state index in [0.29, 0.717) is 13.0 Å². The Kier molecular flexibility index (Phi) is 5.59. The number of aliphatic hydroxyl groups is 1. The highest BCUT2D eigenvalue weighted by atomic mass is 16.4. The second-order valence-corrected chi connectivity index (χ2v) is 3.77. The van der Waals surface area contributed by atoms with Gasteiger partial charge in [0.25, 0.3) is 0 Å². The number of rotatable bonds is 7. The van der Waals surface area contributed by atoms with Crippen LogP contribution in [0.25, 0.3) is 0 Å². The number of aromatic carboxylic acids is 1. The summed E-state index contributed by atoms with van der Waals surface area (Å²) in [5.74, 6) is -1.01. The van der Waals surface area contributed by atoms with Crippen LogP contribution in [0.15, 0.2) is 18.2 Å². The average molecular weight is 238 g/mol. The molecule has 0 bridgehead atoms. The molecule has 1 aromatic rings. The van der Waals surface area contributed by atoms with Crippen molar-refractivity contribution >= 4 is 5.97 Å². The summed E-state index contributed by atoms with van der Waals surface area (Å²) in [4.78, 5) is 17.0. The first-order valence-corrected chi connectivity index (χ1v) is 5.69. The van der Waals surface area contributed by atoms with E-state index < -0.39 is 5.97 Å². The van der Waals surface area contributed by atoms with Crippen LogP contribution in [0.5, 0.6) is 0 Å². The summed E-state index contributed by atoms with van der Waals surface area (Å²) in [5.41, 5.74) is 0.811. The van der Waals surface area contributed by atoms with E-state index in [2.05, 4.69) is 9.88 Å². The second-order valence-electron chi connectivity index (χ2n) is 3.77. The monoisotopic (exact) mass is 238 g/mol. The first kappa shape index (κ1) is 13.6. The number of carboxylic acid groups (broad SMARTS) is 1. The minimum atomic E-state index is -1.01. The molecule has 0 aliphatic rings. The minimum Gasteiger partial charge on any atom is -0.477 e. The van der Waals surface area contributed by atoms with E-state index in [0.717, 1.165) is 18.8 Å². The highest BCUT2D eigenvalue weighted by Gasteiger charge is 2.08. The molecule has 1 heterocycles. The van der Waals surface area contributed by atoms with Gasteiger partial charge in [0, 0.05) is 19.7 Å². The first-order chi connectivity index (χ1) is 8.17. The number of nitrogens with zero attached hydrogens (tertiary/aromatic N) is 2. The fourth-order valence-corrected chi connectivity index (χ4v) is 1.56. The third kappa shape index (κ3) is 4.50. The molecule has 1 rings (SSSR count). The maximum atomic E-state index is 10.8. The van der Waals surface area contributed by atoms with Crippen LogP contribution in [-0.4, -0.2) is 45.8 Å². The zero-order valence-corrected chi connectivity index (χ0v) is 9.96. The average Bonchev–Trinajstić information content (AvgIpc) is 2.34. The number of hydrogen-bond donors (Lipinski definition) is 2. The molecule has 0 aliphatic carbocycles. The molecule has 1 aromatic heterocycles. The van der Waals surface area contributed by atoms with E-state index in [-0.39, 0.29) is 12.3 Å². The zero-order valence-electron chi connectivity index (χ0n) is 9.96. The highest BCUT2D eigenvalue weighted by Crippen LogP contribution is 2.04. The molecule has 0 saturated carbocycles. The van der Waals surface area contributed by atoms with Crippen molar-refractivity contribution in [2.75, 3.05) is 19.7 Å². The smallest absolute Gasteiger partial charge is 0.354 e. The molecule has 0 unspecified atom stereocenters. The summed E-state index contributed by atoms with van der Waals surface area (Å²) in [6.07, 6.45) is 0.715. The summed E-state index contributed by atoms with van der Waals surface area (Å²) < 4.78 is 0. The van der Waals surface area contributed by atoms with Crippen molar-refractivity contribution in [3.63, 3.8) is 0 Å². The summed E-state index contributed by atoms with van der Waals surface area (Å²) in [5, 5.41) is 17.6. The van der Waals surface area contributed by atoms with Crippen molar-refractivity contribution < 1.29 is 15.0 Å². The van der Waals surface area contributed by atoms with Gasteiger partial charge in [0.05, 0.1) is 5.69 Å². The Labute approximate surface area is 101 Å². The number of pyridine rings is 1. The Morgan fingerprint density at radius 3 is 2.82 bits per heavy atom. The van der Waals surface area contributed by atoms with Gasteiger partial charge in [-0.2, -0.15) is 0 Å². The largest absolute Gasteiger partial charge is 0.477 e. The van der Waals surface area contributed by atoms with Crippen LogP contribution in [0.2, 0.25) is 0 Å². The molecule has 5 nitrogen and oxygen atoms in total. The number of carbonyl (C=O) groups is 1. The van der Waals surface area contributed by atoms with Crippen molar-refractivity contribution in [2.45, 2.75) is 19.9 Å². The van der Waals surface area contributed by atoms with Crippen molar-refractivity contribution in [3.8, 4) is 0 Å².